The highest BCUT2D eigenvalue weighted by atomic mass is 16.5. The molecule has 3 nitrogen and oxygen atoms in total. The third-order valence-corrected chi connectivity index (χ3v) is 7.10. The molecule has 0 aromatic heterocycles. The zero-order valence-corrected chi connectivity index (χ0v) is 16.3. The van der Waals surface area contributed by atoms with E-state index in [-0.39, 0.29) is 22.9 Å². The van der Waals surface area contributed by atoms with Crippen LogP contribution in [0.25, 0.3) is 0 Å². The summed E-state index contributed by atoms with van der Waals surface area (Å²) in [6, 6.07) is 0. The molecular formula is C21H32O3. The van der Waals surface area contributed by atoms with Gasteiger partial charge in [-0.15, -0.1) is 0 Å². The Labute approximate surface area is 146 Å². The van der Waals surface area contributed by atoms with Gasteiger partial charge in [0.2, 0.25) is 0 Å². The van der Waals surface area contributed by atoms with Crippen molar-refractivity contribution in [1.82, 2.24) is 0 Å². The van der Waals surface area contributed by atoms with Gasteiger partial charge in [-0.1, -0.05) is 18.6 Å². The summed E-state index contributed by atoms with van der Waals surface area (Å²) in [5, 5.41) is 0. The minimum Gasteiger partial charge on any atom is -0.491 e. The van der Waals surface area contributed by atoms with Crippen molar-refractivity contribution >= 4 is 5.97 Å². The fourth-order valence-corrected chi connectivity index (χ4v) is 5.95. The van der Waals surface area contributed by atoms with Gasteiger partial charge in [-0.25, -0.2) is 0 Å². The van der Waals surface area contributed by atoms with E-state index in [1.807, 2.05) is 0 Å². The molecule has 0 unspecified atom stereocenters. The van der Waals surface area contributed by atoms with Gasteiger partial charge in [0.05, 0.1) is 7.11 Å². The molecule has 24 heavy (non-hydrogen) atoms. The minimum atomic E-state index is -0.603. The van der Waals surface area contributed by atoms with E-state index in [0.717, 1.165) is 31.4 Å². The van der Waals surface area contributed by atoms with Crippen molar-refractivity contribution in [2.24, 2.45) is 22.7 Å². The Morgan fingerprint density at radius 1 is 1.33 bits per heavy atom. The number of esters is 1. The second-order valence-electron chi connectivity index (χ2n) is 9.04. The van der Waals surface area contributed by atoms with Crippen LogP contribution in [0.5, 0.6) is 0 Å². The Kier molecular flexibility index (Phi) is 3.93. The van der Waals surface area contributed by atoms with Crippen LogP contribution in [0.1, 0.15) is 67.2 Å². The van der Waals surface area contributed by atoms with E-state index in [9.17, 15) is 4.79 Å². The standard InChI is InChI=1S/C21H32O3/c1-13(2)8-9-15-12-14(3)17-21(18(22)23-7)16(19(4,5)24-17)10-11-20(15,21)6/h8,15-16H,9-12H2,1-7H3/t15-,16-,20+,21-/m0/s1. The number of hydrogen-bond donors (Lipinski definition) is 0. The first-order valence-electron chi connectivity index (χ1n) is 9.22. The van der Waals surface area contributed by atoms with Crippen LogP contribution >= 0.6 is 0 Å². The topological polar surface area (TPSA) is 35.5 Å². The second kappa shape index (κ2) is 5.37. The lowest BCUT2D eigenvalue weighted by Gasteiger charge is -2.49. The molecule has 2 aliphatic carbocycles. The maximum atomic E-state index is 13.2. The average molecular weight is 332 g/mol. The lowest BCUT2D eigenvalue weighted by molar-refractivity contribution is -0.162. The quantitative estimate of drug-likeness (QED) is 0.537. The van der Waals surface area contributed by atoms with Crippen molar-refractivity contribution in [2.45, 2.75) is 72.8 Å². The van der Waals surface area contributed by atoms with Crippen molar-refractivity contribution < 1.29 is 14.3 Å². The smallest absolute Gasteiger partial charge is 0.320 e. The third kappa shape index (κ3) is 1.99. The summed E-state index contributed by atoms with van der Waals surface area (Å²) in [7, 11) is 1.53. The maximum absolute atomic E-state index is 13.2. The van der Waals surface area contributed by atoms with Gasteiger partial charge in [0.25, 0.3) is 0 Å². The molecule has 0 amide bonds. The normalized spacial score (nSPS) is 39.3. The van der Waals surface area contributed by atoms with Crippen LogP contribution in [0, 0.1) is 22.7 Å². The Morgan fingerprint density at radius 3 is 2.58 bits per heavy atom. The van der Waals surface area contributed by atoms with Gasteiger partial charge in [0.15, 0.2) is 0 Å². The van der Waals surface area contributed by atoms with E-state index in [2.05, 4.69) is 47.6 Å². The number of allylic oxidation sites excluding steroid dienone is 3. The molecule has 0 aromatic carbocycles. The predicted octanol–water partition coefficient (Wildman–Crippen LogP) is 5.02. The van der Waals surface area contributed by atoms with E-state index >= 15 is 0 Å². The van der Waals surface area contributed by atoms with Crippen LogP contribution in [0.4, 0.5) is 0 Å². The Balaban J connectivity index is 2.20. The summed E-state index contributed by atoms with van der Waals surface area (Å²) in [6.45, 7) is 13.0. The van der Waals surface area contributed by atoms with Gasteiger partial charge >= 0.3 is 5.97 Å². The molecule has 3 heteroatoms. The molecule has 3 rings (SSSR count). The number of carbonyl (C=O) groups is 1. The fourth-order valence-electron chi connectivity index (χ4n) is 5.95. The summed E-state index contributed by atoms with van der Waals surface area (Å²) in [5.74, 6) is 1.49. The summed E-state index contributed by atoms with van der Waals surface area (Å²) in [4.78, 5) is 13.2. The Morgan fingerprint density at radius 2 is 2.00 bits per heavy atom. The van der Waals surface area contributed by atoms with Crippen LogP contribution in [0.2, 0.25) is 0 Å². The van der Waals surface area contributed by atoms with E-state index in [4.69, 9.17) is 9.47 Å². The lowest BCUT2D eigenvalue weighted by Crippen LogP contribution is -2.53. The molecule has 1 heterocycles. The first-order chi connectivity index (χ1) is 11.1. The molecular weight excluding hydrogens is 300 g/mol. The number of hydrogen-bond acceptors (Lipinski definition) is 3. The lowest BCUT2D eigenvalue weighted by atomic mass is 9.51. The fraction of sp³-hybridized carbons (Fsp3) is 0.762. The van der Waals surface area contributed by atoms with Crippen LogP contribution < -0.4 is 0 Å². The molecule has 3 aliphatic rings. The molecule has 0 radical (unpaired) electrons. The largest absolute Gasteiger partial charge is 0.491 e. The summed E-state index contributed by atoms with van der Waals surface area (Å²) in [6.07, 6.45) is 6.46. The van der Waals surface area contributed by atoms with Crippen LogP contribution in [-0.4, -0.2) is 18.7 Å². The Hall–Kier alpha value is -1.25. The van der Waals surface area contributed by atoms with Crippen LogP contribution in [0.15, 0.2) is 23.0 Å². The highest BCUT2D eigenvalue weighted by molar-refractivity contribution is 5.84. The van der Waals surface area contributed by atoms with E-state index in [1.54, 1.807) is 0 Å². The third-order valence-electron chi connectivity index (χ3n) is 7.10. The molecule has 1 saturated heterocycles. The molecule has 134 valence electrons. The number of rotatable bonds is 3. The number of methoxy groups -OCH3 is 1. The molecule has 0 N–H and O–H groups in total. The van der Waals surface area contributed by atoms with Crippen LogP contribution in [0.3, 0.4) is 0 Å². The molecule has 0 bridgehead atoms. The SMILES string of the molecule is COC(=O)[C@]12C3=C(C)C[C@H](CC=C(C)C)[C@@]1(C)CC[C@H]2C(C)(C)O3. The summed E-state index contributed by atoms with van der Waals surface area (Å²) < 4.78 is 11.8. The van der Waals surface area contributed by atoms with Crippen molar-refractivity contribution in [2.75, 3.05) is 7.11 Å². The monoisotopic (exact) mass is 332 g/mol. The molecule has 4 atom stereocenters. The van der Waals surface area contributed by atoms with Gasteiger partial charge in [0.1, 0.15) is 16.8 Å². The van der Waals surface area contributed by atoms with Crippen molar-refractivity contribution in [3.05, 3.63) is 23.0 Å². The first kappa shape index (κ1) is 17.6. The van der Waals surface area contributed by atoms with Crippen molar-refractivity contribution in [1.29, 1.82) is 0 Å². The first-order valence-corrected chi connectivity index (χ1v) is 9.22. The Bertz CT molecular complexity index is 623. The molecule has 1 saturated carbocycles. The molecule has 0 spiro atoms. The van der Waals surface area contributed by atoms with E-state index in [1.165, 1.54) is 18.3 Å². The second-order valence-corrected chi connectivity index (χ2v) is 9.04. The zero-order valence-electron chi connectivity index (χ0n) is 16.3. The zero-order chi connectivity index (χ0) is 17.9. The van der Waals surface area contributed by atoms with Gasteiger partial charge in [-0.05, 0) is 77.2 Å². The minimum absolute atomic E-state index is 0.0886. The van der Waals surface area contributed by atoms with Gasteiger partial charge in [-0.3, -0.25) is 4.79 Å². The maximum Gasteiger partial charge on any atom is 0.320 e. The average Bonchev–Trinajstić information content (AvgIpc) is 2.96. The predicted molar refractivity (Wildman–Crippen MR) is 95.3 cm³/mol. The van der Waals surface area contributed by atoms with Gasteiger partial charge in [0, 0.05) is 5.92 Å². The van der Waals surface area contributed by atoms with E-state index < -0.39 is 5.41 Å². The van der Waals surface area contributed by atoms with E-state index in [0.29, 0.717) is 5.92 Å². The summed E-state index contributed by atoms with van der Waals surface area (Å²) >= 11 is 0. The highest BCUT2D eigenvalue weighted by Crippen LogP contribution is 2.74. The molecule has 2 fully saturated rings. The van der Waals surface area contributed by atoms with Crippen molar-refractivity contribution in [3.63, 3.8) is 0 Å². The molecule has 0 aromatic rings. The molecule has 1 aliphatic heterocycles. The van der Waals surface area contributed by atoms with Crippen LogP contribution in [-0.2, 0) is 14.3 Å². The number of ether oxygens (including phenoxy) is 2. The van der Waals surface area contributed by atoms with Gasteiger partial charge < -0.3 is 9.47 Å². The van der Waals surface area contributed by atoms with Crippen molar-refractivity contribution in [3.8, 4) is 0 Å². The van der Waals surface area contributed by atoms with Gasteiger partial charge in [-0.2, -0.15) is 0 Å². The summed E-state index contributed by atoms with van der Waals surface area (Å²) in [5.41, 5.74) is 1.57. The number of carbonyl (C=O) groups excluding carboxylic acids is 1. The highest BCUT2D eigenvalue weighted by Gasteiger charge is 2.76.